The maximum Gasteiger partial charge on any atom is 0.330 e. The molecule has 3 N–H and O–H groups in total. The van der Waals surface area contributed by atoms with Crippen LogP contribution in [0.25, 0.3) is 5.70 Å². The number of aromatic nitrogens is 2. The second-order valence-electron chi connectivity index (χ2n) is 8.93. The molecule has 1 aromatic carbocycles. The highest BCUT2D eigenvalue weighted by Gasteiger charge is 2.32. The van der Waals surface area contributed by atoms with E-state index in [2.05, 4.69) is 11.6 Å². The van der Waals surface area contributed by atoms with E-state index in [1.54, 1.807) is 12.1 Å². The number of anilines is 2. The van der Waals surface area contributed by atoms with Crippen LogP contribution in [0.2, 0.25) is 0 Å². The molecule has 182 valence electrons. The monoisotopic (exact) mass is 467 g/mol. The molecule has 0 saturated carbocycles. The van der Waals surface area contributed by atoms with Gasteiger partial charge in [0.2, 0.25) is 5.91 Å². The highest BCUT2D eigenvalue weighted by Crippen LogP contribution is 2.31. The van der Waals surface area contributed by atoms with E-state index in [0.29, 0.717) is 30.6 Å². The zero-order valence-electron chi connectivity index (χ0n) is 20.1. The maximum atomic E-state index is 13.4. The average molecular weight is 468 g/mol. The fraction of sp³-hybridized carbons (Fsp3) is 0.440. The zero-order chi connectivity index (χ0) is 25.0. The average Bonchev–Trinajstić information content (AvgIpc) is 3.03. The van der Waals surface area contributed by atoms with Gasteiger partial charge >= 0.3 is 5.69 Å². The van der Waals surface area contributed by atoms with Crippen molar-refractivity contribution in [1.29, 1.82) is 0 Å². The summed E-state index contributed by atoms with van der Waals surface area (Å²) in [6.45, 7) is 10.8. The SMILES string of the molecule is C=C1c2ccccc2C(=O)N1CCC(=O)N(CCC(C)C)c1c(N)n(CCCC)c(=O)[nH]c1=O. The Hall–Kier alpha value is -3.62. The highest BCUT2D eigenvalue weighted by molar-refractivity contribution is 6.09. The van der Waals surface area contributed by atoms with E-state index in [1.165, 1.54) is 14.4 Å². The summed E-state index contributed by atoms with van der Waals surface area (Å²) in [5.41, 5.74) is 6.82. The Morgan fingerprint density at radius 3 is 2.44 bits per heavy atom. The summed E-state index contributed by atoms with van der Waals surface area (Å²) in [5.74, 6) is -0.299. The van der Waals surface area contributed by atoms with Crippen molar-refractivity contribution in [2.45, 2.75) is 53.0 Å². The van der Waals surface area contributed by atoms with Gasteiger partial charge in [-0.2, -0.15) is 0 Å². The number of hydrogen-bond donors (Lipinski definition) is 2. The van der Waals surface area contributed by atoms with Crippen molar-refractivity contribution in [1.82, 2.24) is 14.5 Å². The fourth-order valence-electron chi connectivity index (χ4n) is 4.04. The van der Waals surface area contributed by atoms with Crippen LogP contribution in [0.4, 0.5) is 11.5 Å². The van der Waals surface area contributed by atoms with Crippen molar-refractivity contribution in [2.75, 3.05) is 23.7 Å². The second-order valence-corrected chi connectivity index (χ2v) is 8.93. The lowest BCUT2D eigenvalue weighted by molar-refractivity contribution is -0.118. The number of aromatic amines is 1. The van der Waals surface area contributed by atoms with Crippen LogP contribution in [0.3, 0.4) is 0 Å². The summed E-state index contributed by atoms with van der Waals surface area (Å²) in [7, 11) is 0. The molecule has 9 heteroatoms. The Bertz CT molecular complexity index is 1180. The minimum atomic E-state index is -0.693. The van der Waals surface area contributed by atoms with Crippen LogP contribution in [0, 0.1) is 5.92 Å². The molecule has 34 heavy (non-hydrogen) atoms. The van der Waals surface area contributed by atoms with Gasteiger partial charge in [-0.1, -0.05) is 52.0 Å². The summed E-state index contributed by atoms with van der Waals surface area (Å²) in [4.78, 5) is 56.4. The zero-order valence-corrected chi connectivity index (χ0v) is 20.1. The molecule has 0 fully saturated rings. The lowest BCUT2D eigenvalue weighted by Crippen LogP contribution is -2.42. The van der Waals surface area contributed by atoms with Crippen molar-refractivity contribution in [3.05, 3.63) is 62.8 Å². The van der Waals surface area contributed by atoms with Crippen LogP contribution in [0.15, 0.2) is 40.4 Å². The Morgan fingerprint density at radius 2 is 1.82 bits per heavy atom. The minimum Gasteiger partial charge on any atom is -0.383 e. The molecular weight excluding hydrogens is 434 g/mol. The number of carbonyl (C=O) groups excluding carboxylic acids is 2. The normalized spacial score (nSPS) is 13.0. The first-order valence-electron chi connectivity index (χ1n) is 11.7. The summed E-state index contributed by atoms with van der Waals surface area (Å²) in [6.07, 6.45) is 2.16. The number of nitrogens with one attached hydrogen (secondary N) is 1. The molecule has 0 spiro atoms. The summed E-state index contributed by atoms with van der Waals surface area (Å²) >= 11 is 0. The molecule has 2 aromatic rings. The van der Waals surface area contributed by atoms with Gasteiger partial charge in [0.05, 0.1) is 0 Å². The van der Waals surface area contributed by atoms with Gasteiger partial charge in [-0.15, -0.1) is 0 Å². The van der Waals surface area contributed by atoms with Crippen molar-refractivity contribution in [2.24, 2.45) is 5.92 Å². The van der Waals surface area contributed by atoms with Crippen LogP contribution < -0.4 is 21.9 Å². The third kappa shape index (κ3) is 4.98. The predicted octanol–water partition coefficient (Wildman–Crippen LogP) is 2.81. The quantitative estimate of drug-likeness (QED) is 0.556. The summed E-state index contributed by atoms with van der Waals surface area (Å²) in [5, 5.41) is 0. The lowest BCUT2D eigenvalue weighted by Gasteiger charge is -2.26. The molecule has 2 heterocycles. The van der Waals surface area contributed by atoms with E-state index in [-0.39, 0.29) is 48.7 Å². The molecule has 2 amide bonds. The fourth-order valence-corrected chi connectivity index (χ4v) is 4.04. The molecule has 1 aromatic heterocycles. The maximum absolute atomic E-state index is 13.4. The van der Waals surface area contributed by atoms with Crippen molar-refractivity contribution < 1.29 is 9.59 Å². The Morgan fingerprint density at radius 1 is 1.15 bits per heavy atom. The first-order chi connectivity index (χ1) is 16.2. The van der Waals surface area contributed by atoms with E-state index < -0.39 is 11.2 Å². The van der Waals surface area contributed by atoms with Gasteiger partial charge in [-0.05, 0) is 24.8 Å². The lowest BCUT2D eigenvalue weighted by atomic mass is 10.1. The van der Waals surface area contributed by atoms with Crippen LogP contribution in [0.5, 0.6) is 0 Å². The second kappa shape index (κ2) is 10.5. The van der Waals surface area contributed by atoms with Crippen LogP contribution in [-0.4, -0.2) is 39.4 Å². The number of amides is 2. The number of benzene rings is 1. The van der Waals surface area contributed by atoms with E-state index in [4.69, 9.17) is 5.73 Å². The third-order valence-electron chi connectivity index (χ3n) is 6.04. The molecule has 9 nitrogen and oxygen atoms in total. The van der Waals surface area contributed by atoms with Crippen LogP contribution in [-0.2, 0) is 11.3 Å². The number of fused-ring (bicyclic) bond motifs is 1. The van der Waals surface area contributed by atoms with Crippen molar-refractivity contribution in [3.63, 3.8) is 0 Å². The van der Waals surface area contributed by atoms with Crippen LogP contribution in [0.1, 0.15) is 62.4 Å². The van der Waals surface area contributed by atoms with Crippen LogP contribution >= 0.6 is 0 Å². The number of nitrogens with two attached hydrogens (primary N) is 1. The van der Waals surface area contributed by atoms with Gasteiger partial charge in [0.1, 0.15) is 5.82 Å². The number of hydrogen-bond acceptors (Lipinski definition) is 5. The number of rotatable bonds is 10. The number of nitrogens with zero attached hydrogens (tertiary/aromatic N) is 3. The van der Waals surface area contributed by atoms with E-state index in [1.807, 2.05) is 32.9 Å². The molecule has 3 rings (SSSR count). The summed E-state index contributed by atoms with van der Waals surface area (Å²) < 4.78 is 1.30. The van der Waals surface area contributed by atoms with Crippen molar-refractivity contribution in [3.8, 4) is 0 Å². The first kappa shape index (κ1) is 25.0. The van der Waals surface area contributed by atoms with Gasteiger partial charge in [-0.3, -0.25) is 23.9 Å². The van der Waals surface area contributed by atoms with Gasteiger partial charge in [0.15, 0.2) is 5.69 Å². The number of H-pyrrole nitrogens is 1. The Labute approximate surface area is 198 Å². The third-order valence-corrected chi connectivity index (χ3v) is 6.04. The smallest absolute Gasteiger partial charge is 0.330 e. The molecule has 0 unspecified atom stereocenters. The molecule has 1 aliphatic heterocycles. The van der Waals surface area contributed by atoms with Crippen molar-refractivity contribution >= 4 is 29.0 Å². The molecule has 0 atom stereocenters. The topological polar surface area (TPSA) is 121 Å². The van der Waals surface area contributed by atoms with Gasteiger partial charge < -0.3 is 15.5 Å². The minimum absolute atomic E-state index is 0.0174. The number of nitrogen functional groups attached to an aromatic ring is 1. The predicted molar refractivity (Wildman–Crippen MR) is 134 cm³/mol. The van der Waals surface area contributed by atoms with Gasteiger partial charge in [0.25, 0.3) is 11.5 Å². The number of carbonyl (C=O) groups is 2. The van der Waals surface area contributed by atoms with Gasteiger partial charge in [0, 0.05) is 42.9 Å². The molecule has 0 saturated heterocycles. The van der Waals surface area contributed by atoms with E-state index in [0.717, 1.165) is 12.0 Å². The van der Waals surface area contributed by atoms with Gasteiger partial charge in [-0.25, -0.2) is 4.79 Å². The molecule has 0 radical (unpaired) electrons. The molecule has 0 bridgehead atoms. The van der Waals surface area contributed by atoms with E-state index in [9.17, 15) is 19.2 Å². The molecule has 1 aliphatic rings. The Balaban J connectivity index is 1.88. The largest absolute Gasteiger partial charge is 0.383 e. The highest BCUT2D eigenvalue weighted by atomic mass is 16.2. The Kier molecular flexibility index (Phi) is 7.75. The standard InChI is InChI=1S/C25H33N5O4/c1-5-6-13-30-22(26)21(23(32)27-25(30)34)29(14-11-16(2)3)20(31)12-15-28-17(4)18-9-7-8-10-19(18)24(28)33/h7-10,16H,4-6,11-15,26H2,1-3H3,(H,27,32,34). The van der Waals surface area contributed by atoms with E-state index >= 15 is 0 Å². The number of unbranched alkanes of at least 4 members (excludes halogenated alkanes) is 1. The molecule has 0 aliphatic carbocycles. The molecular formula is C25H33N5O4. The summed E-state index contributed by atoms with van der Waals surface area (Å²) in [6, 6.07) is 7.18. The first-order valence-corrected chi connectivity index (χ1v) is 11.7.